The highest BCUT2D eigenvalue weighted by Crippen LogP contribution is 2.33. The second-order valence-electron chi connectivity index (χ2n) is 8.44. The van der Waals surface area contributed by atoms with E-state index in [4.69, 9.17) is 0 Å². The molecule has 1 aromatic carbocycles. The van der Waals surface area contributed by atoms with Gasteiger partial charge in [-0.2, -0.15) is 5.10 Å². The third-order valence-electron chi connectivity index (χ3n) is 6.18. The number of benzene rings is 1. The zero-order valence-electron chi connectivity index (χ0n) is 18.8. The van der Waals surface area contributed by atoms with Gasteiger partial charge in [-0.3, -0.25) is 9.69 Å². The molecule has 34 heavy (non-hydrogen) atoms. The van der Waals surface area contributed by atoms with E-state index >= 15 is 0 Å². The van der Waals surface area contributed by atoms with E-state index < -0.39 is 6.43 Å². The molecule has 0 unspecified atom stereocenters. The van der Waals surface area contributed by atoms with Crippen molar-refractivity contribution in [3.05, 3.63) is 70.0 Å². The van der Waals surface area contributed by atoms with Gasteiger partial charge in [-0.15, -0.1) is 11.3 Å². The van der Waals surface area contributed by atoms with E-state index in [9.17, 15) is 13.6 Å². The molecule has 6 nitrogen and oxygen atoms in total. The number of halogens is 2. The Morgan fingerprint density at radius 3 is 2.53 bits per heavy atom. The van der Waals surface area contributed by atoms with Crippen molar-refractivity contribution in [3.63, 3.8) is 0 Å². The average Bonchev–Trinajstić information content (AvgIpc) is 3.47. The summed E-state index contributed by atoms with van der Waals surface area (Å²) < 4.78 is 29.4. The van der Waals surface area contributed by atoms with Crippen molar-refractivity contribution in [3.8, 4) is 11.3 Å². The molecule has 4 heterocycles. The van der Waals surface area contributed by atoms with E-state index in [1.165, 1.54) is 15.6 Å². The molecule has 0 spiro atoms. The van der Waals surface area contributed by atoms with Crippen LogP contribution in [0, 0.1) is 6.92 Å². The second-order valence-corrected chi connectivity index (χ2v) is 9.47. The van der Waals surface area contributed by atoms with Crippen LogP contribution in [0.25, 0.3) is 22.3 Å². The monoisotopic (exact) mass is 481 g/mol. The van der Waals surface area contributed by atoms with E-state index in [2.05, 4.69) is 26.4 Å². The van der Waals surface area contributed by atoms with Crippen LogP contribution in [0.3, 0.4) is 0 Å². The third kappa shape index (κ3) is 4.58. The summed E-state index contributed by atoms with van der Waals surface area (Å²) in [5, 5.41) is 6.83. The first-order valence-electron chi connectivity index (χ1n) is 11.2. The van der Waals surface area contributed by atoms with Gasteiger partial charge in [-0.1, -0.05) is 36.4 Å². The summed E-state index contributed by atoms with van der Waals surface area (Å²) in [6, 6.07) is 14.8. The summed E-state index contributed by atoms with van der Waals surface area (Å²) in [5.41, 5.74) is 1.84. The normalized spacial score (nSPS) is 14.9. The summed E-state index contributed by atoms with van der Waals surface area (Å²) >= 11 is 1.74. The molecule has 5 rings (SSSR count). The highest BCUT2D eigenvalue weighted by molar-refractivity contribution is 7.09. The lowest BCUT2D eigenvalue weighted by Gasteiger charge is -2.34. The van der Waals surface area contributed by atoms with Crippen molar-refractivity contribution in [2.45, 2.75) is 26.4 Å². The van der Waals surface area contributed by atoms with Crippen LogP contribution in [-0.2, 0) is 17.9 Å². The molecule has 4 aromatic rings. The first kappa shape index (κ1) is 22.6. The smallest absolute Gasteiger partial charge is 0.264 e. The number of fused-ring (bicyclic) bond motifs is 1. The third-order valence-corrected chi connectivity index (χ3v) is 7.04. The van der Waals surface area contributed by atoms with Crippen molar-refractivity contribution in [2.24, 2.45) is 0 Å². The summed E-state index contributed by atoms with van der Waals surface area (Å²) in [4.78, 5) is 23.2. The minimum atomic E-state index is -2.67. The van der Waals surface area contributed by atoms with Gasteiger partial charge in [0.25, 0.3) is 6.43 Å². The maximum Gasteiger partial charge on any atom is 0.264 e. The Labute approximate surface area is 200 Å². The van der Waals surface area contributed by atoms with Crippen LogP contribution in [0.2, 0.25) is 0 Å². The highest BCUT2D eigenvalue weighted by atomic mass is 32.1. The fraction of sp³-hybridized carbons (Fsp3) is 0.320. The van der Waals surface area contributed by atoms with Gasteiger partial charge >= 0.3 is 0 Å². The van der Waals surface area contributed by atoms with E-state index in [-0.39, 0.29) is 18.0 Å². The van der Waals surface area contributed by atoms with Crippen LogP contribution >= 0.6 is 11.3 Å². The van der Waals surface area contributed by atoms with Crippen LogP contribution < -0.4 is 0 Å². The molecule has 1 aliphatic heterocycles. The van der Waals surface area contributed by atoms with E-state index in [0.29, 0.717) is 35.5 Å². The Hall–Kier alpha value is -3.17. The predicted molar refractivity (Wildman–Crippen MR) is 129 cm³/mol. The lowest BCUT2D eigenvalue weighted by atomic mass is 10.1. The van der Waals surface area contributed by atoms with Crippen molar-refractivity contribution in [2.75, 3.05) is 26.2 Å². The number of rotatable bonds is 6. The van der Waals surface area contributed by atoms with Gasteiger partial charge in [0.05, 0.1) is 16.8 Å². The van der Waals surface area contributed by atoms with Crippen LogP contribution in [0.15, 0.2) is 53.9 Å². The molecule has 176 valence electrons. The number of thiophene rings is 1. The first-order valence-corrected chi connectivity index (χ1v) is 12.1. The number of pyridine rings is 1. The molecule has 3 aromatic heterocycles. The van der Waals surface area contributed by atoms with Crippen LogP contribution in [-0.4, -0.2) is 56.7 Å². The molecule has 0 radical (unpaired) electrons. The number of piperazine rings is 1. The van der Waals surface area contributed by atoms with Gasteiger partial charge in [0.1, 0.15) is 6.54 Å². The molecular weight excluding hydrogens is 456 g/mol. The number of hydrogen-bond acceptors (Lipinski definition) is 5. The molecule has 0 atom stereocenters. The lowest BCUT2D eigenvalue weighted by molar-refractivity contribution is -0.133. The lowest BCUT2D eigenvalue weighted by Crippen LogP contribution is -2.49. The first-order chi connectivity index (χ1) is 16.5. The second kappa shape index (κ2) is 9.60. The zero-order valence-corrected chi connectivity index (χ0v) is 19.6. The quantitative estimate of drug-likeness (QED) is 0.399. The molecule has 0 bridgehead atoms. The van der Waals surface area contributed by atoms with Crippen LogP contribution in [0.1, 0.15) is 22.6 Å². The maximum atomic E-state index is 14.0. The Bertz CT molecular complexity index is 1280. The van der Waals surface area contributed by atoms with Crippen LogP contribution in [0.4, 0.5) is 8.78 Å². The highest BCUT2D eigenvalue weighted by Gasteiger charge is 2.25. The molecule has 0 N–H and O–H groups in total. The fourth-order valence-corrected chi connectivity index (χ4v) is 5.18. The number of alkyl halides is 2. The van der Waals surface area contributed by atoms with E-state index in [1.807, 2.05) is 41.3 Å². The summed E-state index contributed by atoms with van der Waals surface area (Å²) in [7, 11) is 0. The number of aryl methyl sites for hydroxylation is 1. The van der Waals surface area contributed by atoms with Gasteiger partial charge in [0.15, 0.2) is 5.65 Å². The van der Waals surface area contributed by atoms with Crippen LogP contribution in [0.5, 0.6) is 0 Å². The van der Waals surface area contributed by atoms with E-state index in [0.717, 1.165) is 25.2 Å². The standard InChI is InChI=1S/C25H25F2N5OS/c1-17-23-20(24(26)27)14-21(18-6-3-2-4-7-18)28-25(23)32(29-17)16-22(33)31-11-9-30(10-12-31)15-19-8-5-13-34-19/h2-8,13-14,24H,9-12,15-16H2,1H3. The number of aromatic nitrogens is 3. The number of carbonyl (C=O) groups is 1. The molecular formula is C25H25F2N5OS. The summed E-state index contributed by atoms with van der Waals surface area (Å²) in [6.07, 6.45) is -2.67. The van der Waals surface area contributed by atoms with Crippen molar-refractivity contribution < 1.29 is 13.6 Å². The molecule has 0 aliphatic carbocycles. The van der Waals surface area contributed by atoms with Crippen molar-refractivity contribution in [1.82, 2.24) is 24.6 Å². The Balaban J connectivity index is 1.37. The predicted octanol–water partition coefficient (Wildman–Crippen LogP) is 4.75. The van der Waals surface area contributed by atoms with Gasteiger partial charge in [-0.25, -0.2) is 18.4 Å². The number of hydrogen-bond donors (Lipinski definition) is 0. The Morgan fingerprint density at radius 2 is 1.85 bits per heavy atom. The molecule has 1 aliphatic rings. The number of amides is 1. The van der Waals surface area contributed by atoms with Gasteiger partial charge in [0, 0.05) is 48.7 Å². The Kier molecular flexibility index (Phi) is 6.38. The number of carbonyl (C=O) groups excluding carboxylic acids is 1. The summed E-state index contributed by atoms with van der Waals surface area (Å²) in [6.45, 7) is 5.42. The van der Waals surface area contributed by atoms with Crippen molar-refractivity contribution >= 4 is 28.3 Å². The molecule has 0 saturated carbocycles. The number of nitrogens with zero attached hydrogens (tertiary/aromatic N) is 5. The Morgan fingerprint density at radius 1 is 1.09 bits per heavy atom. The van der Waals surface area contributed by atoms with Crippen molar-refractivity contribution in [1.29, 1.82) is 0 Å². The van der Waals surface area contributed by atoms with E-state index in [1.54, 1.807) is 18.3 Å². The van der Waals surface area contributed by atoms with Gasteiger partial charge < -0.3 is 4.90 Å². The molecule has 1 amide bonds. The summed E-state index contributed by atoms with van der Waals surface area (Å²) in [5.74, 6) is -0.0781. The zero-order chi connectivity index (χ0) is 23.7. The fourth-order valence-electron chi connectivity index (χ4n) is 4.43. The topological polar surface area (TPSA) is 54.3 Å². The minimum absolute atomic E-state index is 0.0246. The average molecular weight is 482 g/mol. The largest absolute Gasteiger partial charge is 0.339 e. The van der Waals surface area contributed by atoms with Gasteiger partial charge in [0.2, 0.25) is 5.91 Å². The molecule has 1 fully saturated rings. The molecule has 1 saturated heterocycles. The molecule has 9 heteroatoms. The SMILES string of the molecule is Cc1nn(CC(=O)N2CCN(Cc3cccs3)CC2)c2nc(-c3ccccc3)cc(C(F)F)c12. The minimum Gasteiger partial charge on any atom is -0.339 e. The maximum absolute atomic E-state index is 14.0. The van der Waals surface area contributed by atoms with Gasteiger partial charge in [-0.05, 0) is 24.4 Å².